The van der Waals surface area contributed by atoms with E-state index in [-0.39, 0.29) is 5.78 Å². The highest BCUT2D eigenvalue weighted by Gasteiger charge is 1.99. The van der Waals surface area contributed by atoms with Gasteiger partial charge in [-0.25, -0.2) is 4.79 Å². The number of hydrogen-bond acceptors (Lipinski definition) is 3. The van der Waals surface area contributed by atoms with Crippen molar-refractivity contribution >= 4 is 11.8 Å². The van der Waals surface area contributed by atoms with Crippen molar-refractivity contribution < 1.29 is 14.3 Å². The first kappa shape index (κ1) is 12.0. The number of hydrogen-bond donors (Lipinski definition) is 0. The van der Waals surface area contributed by atoms with Crippen LogP contribution in [-0.4, -0.2) is 18.4 Å². The number of carbonyl (C=O) groups is 2. The van der Waals surface area contributed by atoms with Crippen molar-refractivity contribution in [3.63, 3.8) is 0 Å². The molecule has 0 saturated carbocycles. The van der Waals surface area contributed by atoms with Gasteiger partial charge in [0.2, 0.25) is 0 Å². The van der Waals surface area contributed by atoms with Gasteiger partial charge in [-0.05, 0) is 26.0 Å². The Hall–Kier alpha value is -2.08. The van der Waals surface area contributed by atoms with Gasteiger partial charge in [-0.2, -0.15) is 0 Å². The second kappa shape index (κ2) is 5.72. The van der Waals surface area contributed by atoms with Gasteiger partial charge in [0.1, 0.15) is 0 Å². The average Bonchev–Trinajstić information content (AvgIpc) is 2.27. The molecule has 0 saturated heterocycles. The zero-order valence-corrected chi connectivity index (χ0v) is 9.24. The molecule has 0 atom stereocenters. The van der Waals surface area contributed by atoms with Crippen molar-refractivity contribution in [2.24, 2.45) is 0 Å². The third kappa shape index (κ3) is 3.58. The minimum absolute atomic E-state index is 0.0280. The van der Waals surface area contributed by atoms with Crippen molar-refractivity contribution in [1.82, 2.24) is 0 Å². The van der Waals surface area contributed by atoms with Crippen molar-refractivity contribution in [3.8, 4) is 11.8 Å². The minimum atomic E-state index is -0.560. The van der Waals surface area contributed by atoms with Crippen molar-refractivity contribution in [3.05, 3.63) is 35.4 Å². The van der Waals surface area contributed by atoms with Gasteiger partial charge in [-0.3, -0.25) is 4.79 Å². The summed E-state index contributed by atoms with van der Waals surface area (Å²) in [7, 11) is 0. The third-order valence-corrected chi connectivity index (χ3v) is 1.85. The molecule has 0 radical (unpaired) electrons. The highest BCUT2D eigenvalue weighted by atomic mass is 16.5. The summed E-state index contributed by atoms with van der Waals surface area (Å²) in [4.78, 5) is 22.1. The first-order valence-corrected chi connectivity index (χ1v) is 4.93. The van der Waals surface area contributed by atoms with Crippen LogP contribution in [0.3, 0.4) is 0 Å². The maximum Gasteiger partial charge on any atom is 0.384 e. The van der Waals surface area contributed by atoms with Crippen molar-refractivity contribution in [2.75, 3.05) is 6.61 Å². The molecule has 82 valence electrons. The van der Waals surface area contributed by atoms with E-state index >= 15 is 0 Å². The summed E-state index contributed by atoms with van der Waals surface area (Å²) < 4.78 is 4.66. The molecule has 0 spiro atoms. The van der Waals surface area contributed by atoms with Gasteiger partial charge < -0.3 is 4.74 Å². The first-order chi connectivity index (χ1) is 7.63. The van der Waals surface area contributed by atoms with Crippen molar-refractivity contribution in [2.45, 2.75) is 13.8 Å². The molecule has 16 heavy (non-hydrogen) atoms. The maximum absolute atomic E-state index is 11.1. The van der Waals surface area contributed by atoms with E-state index in [4.69, 9.17) is 0 Å². The fourth-order valence-corrected chi connectivity index (χ4v) is 1.11. The predicted octanol–water partition coefficient (Wildman–Crippen LogP) is 1.80. The van der Waals surface area contributed by atoms with Crippen molar-refractivity contribution in [1.29, 1.82) is 0 Å². The molecule has 1 aromatic rings. The monoisotopic (exact) mass is 216 g/mol. The summed E-state index contributed by atoms with van der Waals surface area (Å²) in [6.07, 6.45) is 0. The Morgan fingerprint density at radius 1 is 1.38 bits per heavy atom. The SMILES string of the molecule is CCOC(=O)C#Cc1cccc(C(C)=O)c1. The minimum Gasteiger partial charge on any atom is -0.456 e. The quantitative estimate of drug-likeness (QED) is 0.430. The summed E-state index contributed by atoms with van der Waals surface area (Å²) in [6, 6.07) is 6.82. The van der Waals surface area contributed by atoms with Gasteiger partial charge in [-0.1, -0.05) is 18.1 Å². The first-order valence-electron chi connectivity index (χ1n) is 4.93. The number of benzene rings is 1. The van der Waals surface area contributed by atoms with Crippen LogP contribution in [0.25, 0.3) is 0 Å². The average molecular weight is 216 g/mol. The molecule has 0 fully saturated rings. The van der Waals surface area contributed by atoms with E-state index in [9.17, 15) is 9.59 Å². The van der Waals surface area contributed by atoms with Gasteiger partial charge >= 0.3 is 5.97 Å². The number of ether oxygens (including phenoxy) is 1. The number of ketones is 1. The molecule has 0 aliphatic carbocycles. The third-order valence-electron chi connectivity index (χ3n) is 1.85. The Morgan fingerprint density at radius 3 is 2.75 bits per heavy atom. The zero-order valence-electron chi connectivity index (χ0n) is 9.24. The van der Waals surface area contributed by atoms with Crippen LogP contribution in [0.5, 0.6) is 0 Å². The lowest BCUT2D eigenvalue weighted by Crippen LogP contribution is -1.99. The smallest absolute Gasteiger partial charge is 0.384 e. The molecule has 3 heteroatoms. The second-order valence-corrected chi connectivity index (χ2v) is 3.11. The number of rotatable bonds is 2. The number of carbonyl (C=O) groups excluding carboxylic acids is 2. The van der Waals surface area contributed by atoms with Crippen LogP contribution in [0.15, 0.2) is 24.3 Å². The summed E-state index contributed by atoms with van der Waals surface area (Å²) in [5, 5.41) is 0. The molecule has 3 nitrogen and oxygen atoms in total. The van der Waals surface area contributed by atoms with Gasteiger partial charge in [-0.15, -0.1) is 0 Å². The molecule has 0 aromatic heterocycles. The molecular weight excluding hydrogens is 204 g/mol. The number of Topliss-reactive ketones (excluding diaryl/α,β-unsaturated/α-hetero) is 1. The molecule has 0 N–H and O–H groups in total. The van der Waals surface area contributed by atoms with E-state index in [1.165, 1.54) is 6.92 Å². The van der Waals surface area contributed by atoms with Crippen LogP contribution in [-0.2, 0) is 9.53 Å². The molecular formula is C13H12O3. The highest BCUT2D eigenvalue weighted by Crippen LogP contribution is 2.04. The van der Waals surface area contributed by atoms with Crippen LogP contribution >= 0.6 is 0 Å². The lowest BCUT2D eigenvalue weighted by atomic mass is 10.1. The van der Waals surface area contributed by atoms with Gasteiger partial charge in [0.15, 0.2) is 5.78 Å². The van der Waals surface area contributed by atoms with Crippen LogP contribution in [0.1, 0.15) is 29.8 Å². The van der Waals surface area contributed by atoms with Gasteiger partial charge in [0, 0.05) is 17.0 Å². The van der Waals surface area contributed by atoms with E-state index in [1.54, 1.807) is 31.2 Å². The molecule has 0 unspecified atom stereocenters. The number of esters is 1. The highest BCUT2D eigenvalue weighted by molar-refractivity contribution is 5.94. The molecule has 0 amide bonds. The summed E-state index contributed by atoms with van der Waals surface area (Å²) in [5.41, 5.74) is 1.21. The van der Waals surface area contributed by atoms with Crippen LogP contribution in [0, 0.1) is 11.8 Å². The molecule has 0 bridgehead atoms. The lowest BCUT2D eigenvalue weighted by Gasteiger charge is -1.95. The fourth-order valence-electron chi connectivity index (χ4n) is 1.11. The standard InChI is InChI=1S/C13H12O3/c1-3-16-13(15)8-7-11-5-4-6-12(9-11)10(2)14/h4-6,9H,3H2,1-2H3. The van der Waals surface area contributed by atoms with Gasteiger partial charge in [0.25, 0.3) is 0 Å². The predicted molar refractivity (Wildman–Crippen MR) is 60.0 cm³/mol. The molecule has 0 heterocycles. The summed E-state index contributed by atoms with van der Waals surface area (Å²) in [6.45, 7) is 3.51. The normalized spacial score (nSPS) is 8.88. The maximum atomic E-state index is 11.1. The molecule has 0 aliphatic rings. The second-order valence-electron chi connectivity index (χ2n) is 3.11. The molecule has 1 aromatic carbocycles. The van der Waals surface area contributed by atoms with Crippen LogP contribution in [0.2, 0.25) is 0 Å². The van der Waals surface area contributed by atoms with E-state index in [0.717, 1.165) is 0 Å². The largest absolute Gasteiger partial charge is 0.456 e. The van der Waals surface area contributed by atoms with E-state index in [1.807, 2.05) is 0 Å². The van der Waals surface area contributed by atoms with Crippen LogP contribution < -0.4 is 0 Å². The van der Waals surface area contributed by atoms with E-state index < -0.39 is 5.97 Å². The summed E-state index contributed by atoms with van der Waals surface area (Å²) >= 11 is 0. The zero-order chi connectivity index (χ0) is 12.0. The Labute approximate surface area is 94.4 Å². The molecule has 1 rings (SSSR count). The fraction of sp³-hybridized carbons (Fsp3) is 0.231. The Balaban J connectivity index is 2.85. The van der Waals surface area contributed by atoms with E-state index in [2.05, 4.69) is 16.6 Å². The Kier molecular flexibility index (Phi) is 4.28. The molecule has 0 aliphatic heterocycles. The lowest BCUT2D eigenvalue weighted by molar-refractivity contribution is -0.136. The summed E-state index contributed by atoms with van der Waals surface area (Å²) in [5.74, 6) is 4.40. The topological polar surface area (TPSA) is 43.4 Å². The Bertz CT molecular complexity index is 464. The van der Waals surface area contributed by atoms with Crippen LogP contribution in [0.4, 0.5) is 0 Å². The van der Waals surface area contributed by atoms with E-state index in [0.29, 0.717) is 17.7 Å². The van der Waals surface area contributed by atoms with Gasteiger partial charge in [0.05, 0.1) is 6.61 Å². The Morgan fingerprint density at radius 2 is 2.12 bits per heavy atom.